The summed E-state index contributed by atoms with van der Waals surface area (Å²) in [6, 6.07) is 7.83. The summed E-state index contributed by atoms with van der Waals surface area (Å²) in [6.07, 6.45) is 0. The van der Waals surface area contributed by atoms with Gasteiger partial charge >= 0.3 is 0 Å². The summed E-state index contributed by atoms with van der Waals surface area (Å²) in [5, 5.41) is 4.09. The number of rotatable bonds is 5. The van der Waals surface area contributed by atoms with Crippen LogP contribution >= 0.6 is 15.9 Å². The van der Waals surface area contributed by atoms with E-state index in [4.69, 9.17) is 9.26 Å². The molecule has 2 aromatic rings. The monoisotopic (exact) mass is 449 g/mol. The predicted octanol–water partition coefficient (Wildman–Crippen LogP) is 1.48. The molecule has 2 aliphatic rings. The quantitative estimate of drug-likeness (QED) is 0.683. The molecule has 0 radical (unpaired) electrons. The fourth-order valence-corrected chi connectivity index (χ4v) is 3.86. The third-order valence-corrected chi connectivity index (χ3v) is 5.59. The highest BCUT2D eigenvalue weighted by atomic mass is 79.9. The highest BCUT2D eigenvalue weighted by Gasteiger charge is 2.24. The van der Waals surface area contributed by atoms with E-state index in [-0.39, 0.29) is 5.91 Å². The Morgan fingerprint density at radius 2 is 1.86 bits per heavy atom. The minimum absolute atomic E-state index is 0.205. The van der Waals surface area contributed by atoms with Gasteiger partial charge in [-0.25, -0.2) is 0 Å². The summed E-state index contributed by atoms with van der Waals surface area (Å²) in [6.45, 7) is 7.28. The van der Waals surface area contributed by atoms with Gasteiger partial charge < -0.3 is 14.2 Å². The van der Waals surface area contributed by atoms with E-state index in [0.717, 1.165) is 49.3 Å². The Hall–Kier alpha value is -1.81. The van der Waals surface area contributed by atoms with Crippen LogP contribution in [0.1, 0.15) is 5.89 Å². The van der Waals surface area contributed by atoms with E-state index >= 15 is 0 Å². The van der Waals surface area contributed by atoms with E-state index in [1.165, 1.54) is 0 Å². The second-order valence-electron chi connectivity index (χ2n) is 7.07. The Morgan fingerprint density at radius 1 is 1.07 bits per heavy atom. The van der Waals surface area contributed by atoms with Gasteiger partial charge in [0.05, 0.1) is 26.3 Å². The Kier molecular flexibility index (Phi) is 6.36. The molecule has 2 saturated heterocycles. The number of hydrogen-bond acceptors (Lipinski definition) is 7. The zero-order valence-electron chi connectivity index (χ0n) is 15.7. The number of hydrogen-bond donors (Lipinski definition) is 0. The van der Waals surface area contributed by atoms with Gasteiger partial charge in [0.15, 0.2) is 0 Å². The van der Waals surface area contributed by atoms with E-state index < -0.39 is 0 Å². The van der Waals surface area contributed by atoms with Crippen molar-refractivity contribution < 1.29 is 14.1 Å². The molecular weight excluding hydrogens is 426 g/mol. The van der Waals surface area contributed by atoms with Gasteiger partial charge in [-0.3, -0.25) is 14.6 Å². The molecule has 1 aromatic heterocycles. The van der Waals surface area contributed by atoms with Gasteiger partial charge in [-0.1, -0.05) is 33.2 Å². The average Bonchev–Trinajstić information content (AvgIpc) is 3.18. The van der Waals surface area contributed by atoms with Crippen molar-refractivity contribution in [1.29, 1.82) is 0 Å². The number of halogens is 1. The molecule has 0 unspecified atom stereocenters. The topological polar surface area (TPSA) is 74.9 Å². The van der Waals surface area contributed by atoms with Gasteiger partial charge in [-0.05, 0) is 12.1 Å². The van der Waals surface area contributed by atoms with Crippen molar-refractivity contribution in [1.82, 2.24) is 24.8 Å². The first-order chi connectivity index (χ1) is 13.7. The molecule has 0 saturated carbocycles. The standard InChI is InChI=1S/C19H24BrN5O3/c20-16-3-1-2-15(12-16)19-21-17(28-22-19)13-23-4-6-25(7-5-23)18(26)14-24-8-10-27-11-9-24/h1-3,12H,4-11,13-14H2. The fraction of sp³-hybridized carbons (Fsp3) is 0.526. The third-order valence-electron chi connectivity index (χ3n) is 5.10. The van der Waals surface area contributed by atoms with E-state index in [1.807, 2.05) is 29.2 Å². The molecule has 2 fully saturated rings. The van der Waals surface area contributed by atoms with E-state index in [9.17, 15) is 4.79 Å². The maximum atomic E-state index is 12.5. The van der Waals surface area contributed by atoms with Crippen LogP contribution in [-0.4, -0.2) is 89.8 Å². The van der Waals surface area contributed by atoms with Crippen LogP contribution in [0.3, 0.4) is 0 Å². The van der Waals surface area contributed by atoms with Crippen LogP contribution in [0.5, 0.6) is 0 Å². The largest absolute Gasteiger partial charge is 0.379 e. The number of carbonyl (C=O) groups is 1. The van der Waals surface area contributed by atoms with Crippen molar-refractivity contribution in [3.05, 3.63) is 34.6 Å². The molecule has 0 spiro atoms. The SMILES string of the molecule is O=C(CN1CCOCC1)N1CCN(Cc2nc(-c3cccc(Br)c3)no2)CC1. The van der Waals surface area contributed by atoms with Crippen molar-refractivity contribution in [2.24, 2.45) is 0 Å². The van der Waals surface area contributed by atoms with Crippen LogP contribution in [-0.2, 0) is 16.1 Å². The van der Waals surface area contributed by atoms with Gasteiger partial charge in [-0.2, -0.15) is 4.98 Å². The molecule has 150 valence electrons. The summed E-state index contributed by atoms with van der Waals surface area (Å²) in [4.78, 5) is 23.4. The Labute approximate surface area is 172 Å². The summed E-state index contributed by atoms with van der Waals surface area (Å²) in [7, 11) is 0. The average molecular weight is 450 g/mol. The maximum Gasteiger partial charge on any atom is 0.241 e. The minimum atomic E-state index is 0.205. The second kappa shape index (κ2) is 9.13. The third kappa shape index (κ3) is 4.96. The van der Waals surface area contributed by atoms with Crippen molar-refractivity contribution in [3.8, 4) is 11.4 Å². The van der Waals surface area contributed by atoms with Gasteiger partial charge in [0.1, 0.15) is 0 Å². The highest BCUT2D eigenvalue weighted by Crippen LogP contribution is 2.20. The summed E-state index contributed by atoms with van der Waals surface area (Å²) in [5.74, 6) is 1.40. The predicted molar refractivity (Wildman–Crippen MR) is 107 cm³/mol. The molecule has 28 heavy (non-hydrogen) atoms. The number of piperazine rings is 1. The number of ether oxygens (including phenoxy) is 1. The number of nitrogens with zero attached hydrogens (tertiary/aromatic N) is 5. The van der Waals surface area contributed by atoms with Gasteiger partial charge in [0, 0.05) is 49.3 Å². The Morgan fingerprint density at radius 3 is 2.61 bits per heavy atom. The number of aromatic nitrogens is 2. The number of carbonyl (C=O) groups excluding carboxylic acids is 1. The molecule has 1 amide bonds. The molecular formula is C19H24BrN5O3. The van der Waals surface area contributed by atoms with Crippen LogP contribution in [0.4, 0.5) is 0 Å². The van der Waals surface area contributed by atoms with Gasteiger partial charge in [0.25, 0.3) is 0 Å². The highest BCUT2D eigenvalue weighted by molar-refractivity contribution is 9.10. The molecule has 2 aliphatic heterocycles. The summed E-state index contributed by atoms with van der Waals surface area (Å²) in [5.41, 5.74) is 0.919. The lowest BCUT2D eigenvalue weighted by Crippen LogP contribution is -2.52. The van der Waals surface area contributed by atoms with Crippen molar-refractivity contribution in [3.63, 3.8) is 0 Å². The Balaban J connectivity index is 1.26. The van der Waals surface area contributed by atoms with Gasteiger partial charge in [0.2, 0.25) is 17.6 Å². The number of morpholine rings is 1. The van der Waals surface area contributed by atoms with Crippen molar-refractivity contribution >= 4 is 21.8 Å². The van der Waals surface area contributed by atoms with E-state index in [2.05, 4.69) is 35.9 Å². The van der Waals surface area contributed by atoms with Crippen LogP contribution < -0.4 is 0 Å². The minimum Gasteiger partial charge on any atom is -0.379 e. The van der Waals surface area contributed by atoms with Crippen LogP contribution in [0.25, 0.3) is 11.4 Å². The van der Waals surface area contributed by atoms with E-state index in [0.29, 0.717) is 38.0 Å². The normalized spacial score (nSPS) is 19.1. The zero-order valence-corrected chi connectivity index (χ0v) is 17.3. The van der Waals surface area contributed by atoms with E-state index in [1.54, 1.807) is 0 Å². The molecule has 1 aromatic carbocycles. The molecule has 0 N–H and O–H groups in total. The first kappa shape index (κ1) is 19.5. The molecule has 0 bridgehead atoms. The smallest absolute Gasteiger partial charge is 0.241 e. The van der Waals surface area contributed by atoms with Crippen molar-refractivity contribution in [2.75, 3.05) is 59.0 Å². The lowest BCUT2D eigenvalue weighted by Gasteiger charge is -2.35. The van der Waals surface area contributed by atoms with Crippen LogP contribution in [0, 0.1) is 0 Å². The van der Waals surface area contributed by atoms with Crippen molar-refractivity contribution in [2.45, 2.75) is 6.54 Å². The van der Waals surface area contributed by atoms with Crippen LogP contribution in [0.2, 0.25) is 0 Å². The number of benzene rings is 1. The maximum absolute atomic E-state index is 12.5. The second-order valence-corrected chi connectivity index (χ2v) is 7.98. The molecule has 4 rings (SSSR count). The lowest BCUT2D eigenvalue weighted by molar-refractivity contribution is -0.135. The summed E-state index contributed by atoms with van der Waals surface area (Å²) >= 11 is 3.46. The molecule has 0 aliphatic carbocycles. The zero-order chi connectivity index (χ0) is 19.3. The fourth-order valence-electron chi connectivity index (χ4n) is 3.46. The first-order valence-corrected chi connectivity index (χ1v) is 10.4. The van der Waals surface area contributed by atoms with Gasteiger partial charge in [-0.15, -0.1) is 0 Å². The first-order valence-electron chi connectivity index (χ1n) is 9.56. The molecule has 0 atom stereocenters. The number of amides is 1. The molecule has 3 heterocycles. The lowest BCUT2D eigenvalue weighted by atomic mass is 10.2. The Bertz CT molecular complexity index is 800. The molecule has 9 heteroatoms. The summed E-state index contributed by atoms with van der Waals surface area (Å²) < 4.78 is 11.7. The van der Waals surface area contributed by atoms with Crippen LogP contribution in [0.15, 0.2) is 33.3 Å². The molecule has 8 nitrogen and oxygen atoms in total.